The van der Waals surface area contributed by atoms with E-state index < -0.39 is 5.91 Å². The lowest BCUT2D eigenvalue weighted by molar-refractivity contribution is -0.124. The first kappa shape index (κ1) is 25.2. The fraction of sp³-hybridized carbons (Fsp3) is 0.320. The third kappa shape index (κ3) is 5.72. The summed E-state index contributed by atoms with van der Waals surface area (Å²) in [4.78, 5) is 38.9. The van der Waals surface area contributed by atoms with Gasteiger partial charge in [-0.15, -0.1) is 0 Å². The second-order valence-electron chi connectivity index (χ2n) is 7.74. The average Bonchev–Trinajstić information content (AvgIpc) is 3.07. The molecule has 2 aromatic carbocycles. The summed E-state index contributed by atoms with van der Waals surface area (Å²) in [6, 6.07) is 9.29. The number of nitrogens with one attached hydrogen (secondary N) is 1. The van der Waals surface area contributed by atoms with Crippen molar-refractivity contribution in [1.82, 2.24) is 10.2 Å². The molecule has 0 atom stereocenters. The first-order valence-electron chi connectivity index (χ1n) is 10.7. The Bertz CT molecular complexity index is 1120. The number of methoxy groups -OCH3 is 3. The summed E-state index contributed by atoms with van der Waals surface area (Å²) in [5.41, 5.74) is 3.84. The van der Waals surface area contributed by atoms with Crippen molar-refractivity contribution in [1.29, 1.82) is 0 Å². The molecule has 0 unspecified atom stereocenters. The molecule has 0 saturated carbocycles. The highest BCUT2D eigenvalue weighted by atomic mass is 32.2. The maximum absolute atomic E-state index is 12.8. The van der Waals surface area contributed by atoms with Crippen molar-refractivity contribution >= 4 is 34.9 Å². The molecular weight excluding hydrogens is 456 g/mol. The quantitative estimate of drug-likeness (QED) is 0.542. The van der Waals surface area contributed by atoms with Gasteiger partial charge in [0.15, 0.2) is 11.5 Å². The third-order valence-electron chi connectivity index (χ3n) is 5.45. The zero-order chi connectivity index (χ0) is 24.8. The van der Waals surface area contributed by atoms with Gasteiger partial charge in [0, 0.05) is 13.1 Å². The minimum absolute atomic E-state index is 0.0932. The fourth-order valence-electron chi connectivity index (χ4n) is 3.50. The van der Waals surface area contributed by atoms with E-state index in [0.29, 0.717) is 22.8 Å². The summed E-state index contributed by atoms with van der Waals surface area (Å²) >= 11 is 0.851. The highest BCUT2D eigenvalue weighted by molar-refractivity contribution is 8.18. The summed E-state index contributed by atoms with van der Waals surface area (Å²) in [6.45, 7) is 4.29. The maximum atomic E-state index is 12.8. The van der Waals surface area contributed by atoms with Crippen LogP contribution < -0.4 is 19.5 Å². The number of benzene rings is 2. The van der Waals surface area contributed by atoms with E-state index in [1.165, 1.54) is 26.9 Å². The van der Waals surface area contributed by atoms with Crippen LogP contribution in [0.2, 0.25) is 0 Å². The molecule has 0 aliphatic carbocycles. The van der Waals surface area contributed by atoms with E-state index in [1.807, 2.05) is 32.0 Å². The first-order valence-corrected chi connectivity index (χ1v) is 11.5. The lowest BCUT2D eigenvalue weighted by Gasteiger charge is -2.14. The maximum Gasteiger partial charge on any atom is 0.293 e. The highest BCUT2D eigenvalue weighted by Crippen LogP contribution is 2.40. The molecular formula is C25H28N2O6S. The van der Waals surface area contributed by atoms with Crippen LogP contribution in [0.4, 0.5) is 4.79 Å². The van der Waals surface area contributed by atoms with Crippen LogP contribution in [0.3, 0.4) is 0 Å². The van der Waals surface area contributed by atoms with E-state index >= 15 is 0 Å². The molecule has 8 nitrogen and oxygen atoms in total. The molecule has 180 valence electrons. The van der Waals surface area contributed by atoms with Crippen LogP contribution in [0, 0.1) is 13.8 Å². The molecule has 0 radical (unpaired) electrons. The van der Waals surface area contributed by atoms with Crippen molar-refractivity contribution in [3.05, 3.63) is 57.5 Å². The van der Waals surface area contributed by atoms with E-state index in [0.717, 1.165) is 27.8 Å². The van der Waals surface area contributed by atoms with E-state index in [4.69, 9.17) is 14.2 Å². The topological polar surface area (TPSA) is 94.2 Å². The first-order chi connectivity index (χ1) is 16.3. The molecule has 0 spiro atoms. The average molecular weight is 485 g/mol. The number of nitrogens with zero attached hydrogens (tertiary/aromatic N) is 1. The van der Waals surface area contributed by atoms with Crippen molar-refractivity contribution in [3.63, 3.8) is 0 Å². The number of rotatable bonds is 9. The molecule has 2 aromatic rings. The summed E-state index contributed by atoms with van der Waals surface area (Å²) in [5, 5.41) is 2.40. The Kier molecular flexibility index (Phi) is 8.22. The smallest absolute Gasteiger partial charge is 0.293 e. The number of aryl methyl sites for hydroxylation is 2. The molecule has 1 aliphatic heterocycles. The number of thioether (sulfide) groups is 1. The fourth-order valence-corrected chi connectivity index (χ4v) is 4.36. The summed E-state index contributed by atoms with van der Waals surface area (Å²) in [7, 11) is 4.51. The van der Waals surface area contributed by atoms with E-state index in [2.05, 4.69) is 5.32 Å². The second kappa shape index (κ2) is 11.1. The second-order valence-corrected chi connectivity index (χ2v) is 8.73. The normalized spacial score (nSPS) is 14.5. The Morgan fingerprint density at radius 1 is 1.00 bits per heavy atom. The van der Waals surface area contributed by atoms with Crippen LogP contribution in [0.5, 0.6) is 17.2 Å². The van der Waals surface area contributed by atoms with Crippen LogP contribution in [-0.2, 0) is 16.0 Å². The molecule has 0 aromatic heterocycles. The van der Waals surface area contributed by atoms with Crippen molar-refractivity contribution in [2.45, 2.75) is 20.3 Å². The molecule has 1 heterocycles. The number of hydrogen-bond acceptors (Lipinski definition) is 7. The molecule has 3 rings (SSSR count). The minimum Gasteiger partial charge on any atom is -0.493 e. The standard InChI is InChI=1S/C25H28N2O6S/c1-15-6-7-17(10-16(15)2)14-22(28)26-8-9-27-24(29)21(34-25(27)30)13-18-11-19(31-3)23(33-5)20(12-18)32-4/h6-7,10-13H,8-9,14H2,1-5H3,(H,26,28)/b21-13-. The monoisotopic (exact) mass is 484 g/mol. The van der Waals surface area contributed by atoms with E-state index in [9.17, 15) is 14.4 Å². The predicted octanol–water partition coefficient (Wildman–Crippen LogP) is 3.72. The predicted molar refractivity (Wildman–Crippen MR) is 131 cm³/mol. The Balaban J connectivity index is 1.63. The van der Waals surface area contributed by atoms with Gasteiger partial charge in [-0.3, -0.25) is 19.3 Å². The van der Waals surface area contributed by atoms with E-state index in [-0.39, 0.29) is 35.6 Å². The molecule has 0 bridgehead atoms. The Morgan fingerprint density at radius 2 is 1.68 bits per heavy atom. The number of amides is 3. The Morgan fingerprint density at radius 3 is 2.26 bits per heavy atom. The zero-order valence-corrected chi connectivity index (χ0v) is 20.7. The Labute approximate surface area is 203 Å². The van der Waals surface area contributed by atoms with Gasteiger partial charge in [-0.05, 0) is 66.1 Å². The lowest BCUT2D eigenvalue weighted by Crippen LogP contribution is -2.37. The molecule has 1 aliphatic rings. The van der Waals surface area contributed by atoms with Crippen LogP contribution in [0.15, 0.2) is 35.2 Å². The Hall–Kier alpha value is -3.46. The van der Waals surface area contributed by atoms with Crippen molar-refractivity contribution in [2.75, 3.05) is 34.4 Å². The summed E-state index contributed by atoms with van der Waals surface area (Å²) in [5.74, 6) is 0.750. The van der Waals surface area contributed by atoms with Crippen LogP contribution in [0.25, 0.3) is 6.08 Å². The van der Waals surface area contributed by atoms with Crippen LogP contribution in [0.1, 0.15) is 22.3 Å². The summed E-state index contributed by atoms with van der Waals surface area (Å²) < 4.78 is 16.0. The van der Waals surface area contributed by atoms with Gasteiger partial charge in [0.2, 0.25) is 11.7 Å². The SMILES string of the molecule is COc1cc(/C=C2\SC(=O)N(CCNC(=O)Cc3ccc(C)c(C)c3)C2=O)cc(OC)c1OC. The van der Waals surface area contributed by atoms with Gasteiger partial charge < -0.3 is 19.5 Å². The number of hydrogen-bond donors (Lipinski definition) is 1. The van der Waals surface area contributed by atoms with Crippen molar-refractivity contribution in [2.24, 2.45) is 0 Å². The van der Waals surface area contributed by atoms with Crippen LogP contribution >= 0.6 is 11.8 Å². The van der Waals surface area contributed by atoms with Gasteiger partial charge >= 0.3 is 0 Å². The van der Waals surface area contributed by atoms with Gasteiger partial charge in [-0.1, -0.05) is 18.2 Å². The van der Waals surface area contributed by atoms with Crippen molar-refractivity contribution < 1.29 is 28.6 Å². The molecule has 1 saturated heterocycles. The largest absolute Gasteiger partial charge is 0.493 e. The minimum atomic E-state index is -0.410. The highest BCUT2D eigenvalue weighted by Gasteiger charge is 2.34. The van der Waals surface area contributed by atoms with Crippen LogP contribution in [-0.4, -0.2) is 56.4 Å². The molecule has 3 amide bonds. The molecule has 1 N–H and O–H groups in total. The van der Waals surface area contributed by atoms with E-state index in [1.54, 1.807) is 18.2 Å². The third-order valence-corrected chi connectivity index (χ3v) is 6.36. The number of carbonyl (C=O) groups is 3. The zero-order valence-electron chi connectivity index (χ0n) is 19.9. The summed E-state index contributed by atoms with van der Waals surface area (Å²) in [6.07, 6.45) is 1.84. The lowest BCUT2D eigenvalue weighted by atomic mass is 10.0. The van der Waals surface area contributed by atoms with Gasteiger partial charge in [-0.2, -0.15) is 0 Å². The molecule has 34 heavy (non-hydrogen) atoms. The van der Waals surface area contributed by atoms with Gasteiger partial charge in [0.05, 0.1) is 32.7 Å². The molecule has 1 fully saturated rings. The van der Waals surface area contributed by atoms with Crippen molar-refractivity contribution in [3.8, 4) is 17.2 Å². The van der Waals surface area contributed by atoms with Gasteiger partial charge in [0.25, 0.3) is 11.1 Å². The van der Waals surface area contributed by atoms with Gasteiger partial charge in [0.1, 0.15) is 0 Å². The number of ether oxygens (including phenoxy) is 3. The number of imide groups is 1. The molecule has 9 heteroatoms. The van der Waals surface area contributed by atoms with Gasteiger partial charge in [-0.25, -0.2) is 0 Å². The number of carbonyl (C=O) groups excluding carboxylic acids is 3.